The first-order valence-corrected chi connectivity index (χ1v) is 8.05. The molecule has 2 aromatic heterocycles. The molecule has 3 rings (SSSR count). The molecular weight excluding hydrogens is 310 g/mol. The lowest BCUT2D eigenvalue weighted by Crippen LogP contribution is -2.13. The SMILES string of the molecule is Cc1ccc2nc(NS(=O)(=O)c3ccccc3)c(Cl)n2c1. The van der Waals surface area contributed by atoms with Crippen molar-refractivity contribution < 1.29 is 8.42 Å². The minimum Gasteiger partial charge on any atom is -0.288 e. The van der Waals surface area contributed by atoms with Gasteiger partial charge in [0.25, 0.3) is 10.0 Å². The van der Waals surface area contributed by atoms with Crippen molar-refractivity contribution in [1.29, 1.82) is 0 Å². The van der Waals surface area contributed by atoms with Crippen LogP contribution in [0.5, 0.6) is 0 Å². The van der Waals surface area contributed by atoms with E-state index in [1.54, 1.807) is 34.9 Å². The third-order valence-electron chi connectivity index (χ3n) is 2.99. The molecule has 1 N–H and O–H groups in total. The Morgan fingerprint density at radius 2 is 1.86 bits per heavy atom. The highest BCUT2D eigenvalue weighted by atomic mass is 35.5. The Balaban J connectivity index is 2.04. The Hall–Kier alpha value is -2.05. The predicted octanol–water partition coefficient (Wildman–Crippen LogP) is 3.10. The number of benzene rings is 1. The normalized spacial score (nSPS) is 11.7. The third kappa shape index (κ3) is 2.59. The number of hydrogen-bond acceptors (Lipinski definition) is 3. The van der Waals surface area contributed by atoms with Crippen LogP contribution in [0.1, 0.15) is 5.56 Å². The Bertz CT molecular complexity index is 905. The van der Waals surface area contributed by atoms with Gasteiger partial charge in [-0.1, -0.05) is 35.9 Å². The Morgan fingerprint density at radius 1 is 1.14 bits per heavy atom. The van der Waals surface area contributed by atoms with Crippen LogP contribution in [0.4, 0.5) is 5.82 Å². The second-order valence-electron chi connectivity index (χ2n) is 4.60. The molecule has 0 aliphatic carbocycles. The minimum absolute atomic E-state index is 0.117. The Kier molecular flexibility index (Phi) is 3.35. The standard InChI is InChI=1S/C14H12ClN3O2S/c1-10-7-8-12-16-14(13(15)18(12)9-10)17-21(19,20)11-5-3-2-4-6-11/h2-9,17H,1H3. The van der Waals surface area contributed by atoms with Crippen LogP contribution >= 0.6 is 11.6 Å². The first-order valence-electron chi connectivity index (χ1n) is 6.19. The lowest BCUT2D eigenvalue weighted by molar-refractivity contribution is 0.601. The summed E-state index contributed by atoms with van der Waals surface area (Å²) in [5.74, 6) is 0.117. The molecule has 21 heavy (non-hydrogen) atoms. The van der Waals surface area contributed by atoms with E-state index < -0.39 is 10.0 Å². The van der Waals surface area contributed by atoms with Gasteiger partial charge in [0.15, 0.2) is 11.0 Å². The van der Waals surface area contributed by atoms with Crippen molar-refractivity contribution in [2.24, 2.45) is 0 Å². The number of hydrogen-bond donors (Lipinski definition) is 1. The molecule has 0 aliphatic rings. The first kappa shape index (κ1) is 13.9. The van der Waals surface area contributed by atoms with E-state index >= 15 is 0 Å². The summed E-state index contributed by atoms with van der Waals surface area (Å²) in [6.45, 7) is 1.92. The van der Waals surface area contributed by atoms with Crippen LogP contribution in [0.3, 0.4) is 0 Å². The summed E-state index contributed by atoms with van der Waals surface area (Å²) in [7, 11) is -3.70. The highest BCUT2D eigenvalue weighted by Crippen LogP contribution is 2.25. The number of rotatable bonds is 3. The number of halogens is 1. The largest absolute Gasteiger partial charge is 0.288 e. The number of aromatic nitrogens is 2. The number of sulfonamides is 1. The number of fused-ring (bicyclic) bond motifs is 1. The van der Waals surface area contributed by atoms with Crippen LogP contribution in [0.25, 0.3) is 5.65 Å². The zero-order valence-corrected chi connectivity index (χ0v) is 12.7. The van der Waals surface area contributed by atoms with E-state index in [1.807, 2.05) is 13.0 Å². The summed E-state index contributed by atoms with van der Waals surface area (Å²) in [4.78, 5) is 4.37. The van der Waals surface area contributed by atoms with Crippen molar-refractivity contribution in [1.82, 2.24) is 9.38 Å². The zero-order valence-electron chi connectivity index (χ0n) is 11.1. The molecule has 0 fully saturated rings. The lowest BCUT2D eigenvalue weighted by atomic mass is 10.3. The number of pyridine rings is 1. The molecule has 3 aromatic rings. The molecule has 1 aromatic carbocycles. The molecule has 0 spiro atoms. The molecule has 0 amide bonds. The number of nitrogens with one attached hydrogen (secondary N) is 1. The summed E-state index contributed by atoms with van der Waals surface area (Å²) in [6, 6.07) is 11.7. The molecule has 0 atom stereocenters. The highest BCUT2D eigenvalue weighted by Gasteiger charge is 2.18. The second kappa shape index (κ2) is 5.05. The van der Waals surface area contributed by atoms with E-state index in [4.69, 9.17) is 11.6 Å². The number of nitrogens with zero attached hydrogens (tertiary/aromatic N) is 2. The van der Waals surface area contributed by atoms with Gasteiger partial charge in [-0.25, -0.2) is 13.4 Å². The second-order valence-corrected chi connectivity index (χ2v) is 6.64. The van der Waals surface area contributed by atoms with Crippen LogP contribution < -0.4 is 4.72 Å². The lowest BCUT2D eigenvalue weighted by Gasteiger charge is -2.05. The van der Waals surface area contributed by atoms with E-state index in [9.17, 15) is 8.42 Å². The fourth-order valence-electron chi connectivity index (χ4n) is 1.97. The van der Waals surface area contributed by atoms with Gasteiger partial charge in [0, 0.05) is 6.20 Å². The van der Waals surface area contributed by atoms with Crippen molar-refractivity contribution in [2.75, 3.05) is 4.72 Å². The molecule has 5 nitrogen and oxygen atoms in total. The molecule has 7 heteroatoms. The average molecular weight is 322 g/mol. The van der Waals surface area contributed by atoms with Crippen LogP contribution in [0, 0.1) is 6.92 Å². The van der Waals surface area contributed by atoms with Crippen LogP contribution in [0.2, 0.25) is 5.15 Å². The fraction of sp³-hybridized carbons (Fsp3) is 0.0714. The van der Waals surface area contributed by atoms with Crippen molar-refractivity contribution in [3.63, 3.8) is 0 Å². The van der Waals surface area contributed by atoms with Crippen LogP contribution in [-0.4, -0.2) is 17.8 Å². The van der Waals surface area contributed by atoms with Gasteiger partial charge in [-0.3, -0.25) is 9.12 Å². The zero-order chi connectivity index (χ0) is 15.0. The molecule has 0 saturated carbocycles. The number of anilines is 1. The number of imidazole rings is 1. The van der Waals surface area contributed by atoms with Crippen LogP contribution in [0.15, 0.2) is 53.6 Å². The van der Waals surface area contributed by atoms with E-state index in [-0.39, 0.29) is 15.9 Å². The predicted molar refractivity (Wildman–Crippen MR) is 82.2 cm³/mol. The smallest absolute Gasteiger partial charge is 0.263 e. The molecular formula is C14H12ClN3O2S. The van der Waals surface area contributed by atoms with Crippen molar-refractivity contribution in [3.05, 3.63) is 59.4 Å². The van der Waals surface area contributed by atoms with E-state index in [0.717, 1.165) is 5.56 Å². The monoisotopic (exact) mass is 321 g/mol. The average Bonchev–Trinajstić information content (AvgIpc) is 2.76. The van der Waals surface area contributed by atoms with Gasteiger partial charge in [0.2, 0.25) is 0 Å². The van der Waals surface area contributed by atoms with Crippen molar-refractivity contribution >= 4 is 33.1 Å². The summed E-state index contributed by atoms with van der Waals surface area (Å²) < 4.78 is 28.6. The topological polar surface area (TPSA) is 63.5 Å². The summed E-state index contributed by atoms with van der Waals surface area (Å²) >= 11 is 6.20. The molecule has 108 valence electrons. The Morgan fingerprint density at radius 3 is 2.57 bits per heavy atom. The number of aryl methyl sites for hydroxylation is 1. The quantitative estimate of drug-likeness (QED) is 0.806. The summed E-state index contributed by atoms with van der Waals surface area (Å²) in [6.07, 6.45) is 1.80. The molecule has 0 bridgehead atoms. The van der Waals surface area contributed by atoms with Crippen LogP contribution in [-0.2, 0) is 10.0 Å². The summed E-state index contributed by atoms with van der Waals surface area (Å²) in [5.41, 5.74) is 1.58. The van der Waals surface area contributed by atoms with E-state index in [0.29, 0.717) is 5.65 Å². The third-order valence-corrected chi connectivity index (χ3v) is 4.71. The maximum atomic E-state index is 12.3. The van der Waals surface area contributed by atoms with Gasteiger partial charge in [-0.2, -0.15) is 0 Å². The fourth-order valence-corrected chi connectivity index (χ4v) is 3.28. The Labute approximate surface area is 127 Å². The molecule has 0 aliphatic heterocycles. The first-order chi connectivity index (χ1) is 9.97. The van der Waals surface area contributed by atoms with E-state index in [1.165, 1.54) is 12.1 Å². The highest BCUT2D eigenvalue weighted by molar-refractivity contribution is 7.92. The molecule has 2 heterocycles. The van der Waals surface area contributed by atoms with Crippen molar-refractivity contribution in [2.45, 2.75) is 11.8 Å². The van der Waals surface area contributed by atoms with Gasteiger partial charge < -0.3 is 0 Å². The van der Waals surface area contributed by atoms with Gasteiger partial charge in [0.05, 0.1) is 4.90 Å². The van der Waals surface area contributed by atoms with Gasteiger partial charge in [-0.15, -0.1) is 0 Å². The van der Waals surface area contributed by atoms with E-state index in [2.05, 4.69) is 9.71 Å². The molecule has 0 unspecified atom stereocenters. The maximum absolute atomic E-state index is 12.3. The van der Waals surface area contributed by atoms with Gasteiger partial charge in [-0.05, 0) is 30.7 Å². The minimum atomic E-state index is -3.70. The molecule has 0 saturated heterocycles. The van der Waals surface area contributed by atoms with Gasteiger partial charge >= 0.3 is 0 Å². The maximum Gasteiger partial charge on any atom is 0.263 e. The van der Waals surface area contributed by atoms with Crippen molar-refractivity contribution in [3.8, 4) is 0 Å². The van der Waals surface area contributed by atoms with Gasteiger partial charge in [0.1, 0.15) is 5.65 Å². The molecule has 0 radical (unpaired) electrons. The summed E-state index contributed by atoms with van der Waals surface area (Å²) in [5, 5.41) is 0.230.